The van der Waals surface area contributed by atoms with E-state index in [9.17, 15) is 14.4 Å². The highest BCUT2D eigenvalue weighted by molar-refractivity contribution is 6.00. The van der Waals surface area contributed by atoms with Gasteiger partial charge in [-0.25, -0.2) is 9.59 Å². The number of aryl methyl sites for hydroxylation is 1. The van der Waals surface area contributed by atoms with E-state index < -0.39 is 18.0 Å². The molecule has 0 saturated carbocycles. The van der Waals surface area contributed by atoms with Crippen LogP contribution in [0, 0.1) is 19.8 Å². The number of carbonyl (C=O) groups excluding carboxylic acids is 3. The fourth-order valence-corrected chi connectivity index (χ4v) is 2.84. The van der Waals surface area contributed by atoms with Gasteiger partial charge in [0.05, 0.1) is 12.7 Å². The molecule has 2 aromatic rings. The van der Waals surface area contributed by atoms with E-state index in [0.717, 1.165) is 11.1 Å². The van der Waals surface area contributed by atoms with Crippen molar-refractivity contribution in [1.82, 2.24) is 5.32 Å². The summed E-state index contributed by atoms with van der Waals surface area (Å²) in [5.74, 6) is -0.993. The molecule has 3 amide bonds. The topological polar surface area (TPSA) is 96.5 Å². The number of hydrogen-bond acceptors (Lipinski definition) is 4. The average molecular weight is 397 g/mol. The van der Waals surface area contributed by atoms with E-state index in [1.54, 1.807) is 36.4 Å². The van der Waals surface area contributed by atoms with Crippen molar-refractivity contribution in [1.29, 1.82) is 0 Å². The van der Waals surface area contributed by atoms with Gasteiger partial charge in [0.1, 0.15) is 6.04 Å². The minimum Gasteiger partial charge on any atom is -0.465 e. The van der Waals surface area contributed by atoms with E-state index in [4.69, 9.17) is 4.74 Å². The Morgan fingerprint density at radius 1 is 0.931 bits per heavy atom. The van der Waals surface area contributed by atoms with Crippen LogP contribution in [0.15, 0.2) is 42.5 Å². The number of urea groups is 1. The van der Waals surface area contributed by atoms with Crippen molar-refractivity contribution in [3.8, 4) is 0 Å². The summed E-state index contributed by atoms with van der Waals surface area (Å²) in [6, 6.07) is 11.1. The maximum absolute atomic E-state index is 12.8. The van der Waals surface area contributed by atoms with Gasteiger partial charge in [-0.2, -0.15) is 0 Å². The standard InChI is InChI=1S/C22H27N3O4/c1-13(2)19(25-22(28)24-16-9-7-6-8-10-16)20(26)23-17-11-14(3)15(4)18(12-17)21(27)29-5/h6-13,19H,1-5H3,(H,23,26)(H2,24,25,28). The first kappa shape index (κ1) is 21.9. The van der Waals surface area contributed by atoms with Gasteiger partial charge < -0.3 is 20.7 Å². The van der Waals surface area contributed by atoms with Crippen molar-refractivity contribution in [2.75, 3.05) is 17.7 Å². The van der Waals surface area contributed by atoms with Crippen LogP contribution in [0.2, 0.25) is 0 Å². The van der Waals surface area contributed by atoms with Crippen LogP contribution in [0.1, 0.15) is 35.3 Å². The quantitative estimate of drug-likeness (QED) is 0.645. The van der Waals surface area contributed by atoms with Gasteiger partial charge in [0, 0.05) is 11.4 Å². The van der Waals surface area contributed by atoms with Gasteiger partial charge in [0.15, 0.2) is 0 Å². The molecule has 0 radical (unpaired) electrons. The maximum Gasteiger partial charge on any atom is 0.338 e. The molecule has 29 heavy (non-hydrogen) atoms. The van der Waals surface area contributed by atoms with Crippen molar-refractivity contribution in [2.45, 2.75) is 33.7 Å². The van der Waals surface area contributed by atoms with Crippen LogP contribution in [0.5, 0.6) is 0 Å². The van der Waals surface area contributed by atoms with Crippen molar-refractivity contribution >= 4 is 29.3 Å². The number of para-hydroxylation sites is 1. The average Bonchev–Trinajstić information content (AvgIpc) is 2.68. The Hall–Kier alpha value is -3.35. The van der Waals surface area contributed by atoms with Gasteiger partial charge in [-0.1, -0.05) is 32.0 Å². The van der Waals surface area contributed by atoms with Gasteiger partial charge in [-0.3, -0.25) is 4.79 Å². The lowest BCUT2D eigenvalue weighted by Crippen LogP contribution is -2.48. The number of methoxy groups -OCH3 is 1. The summed E-state index contributed by atoms with van der Waals surface area (Å²) in [4.78, 5) is 37.1. The minimum absolute atomic E-state index is 0.150. The van der Waals surface area contributed by atoms with E-state index in [1.807, 2.05) is 33.8 Å². The van der Waals surface area contributed by atoms with Crippen LogP contribution < -0.4 is 16.0 Å². The molecular formula is C22H27N3O4. The third-order valence-corrected chi connectivity index (χ3v) is 4.61. The Morgan fingerprint density at radius 2 is 1.59 bits per heavy atom. The van der Waals surface area contributed by atoms with Crippen LogP contribution in [-0.4, -0.2) is 31.1 Å². The number of anilines is 2. The number of rotatable bonds is 6. The van der Waals surface area contributed by atoms with Gasteiger partial charge in [-0.15, -0.1) is 0 Å². The van der Waals surface area contributed by atoms with Crippen molar-refractivity contribution in [2.24, 2.45) is 5.92 Å². The number of nitrogens with one attached hydrogen (secondary N) is 3. The number of hydrogen-bond donors (Lipinski definition) is 3. The Bertz CT molecular complexity index is 894. The van der Waals surface area contributed by atoms with E-state index in [0.29, 0.717) is 16.9 Å². The fraction of sp³-hybridized carbons (Fsp3) is 0.318. The zero-order valence-corrected chi connectivity index (χ0v) is 17.3. The first-order valence-corrected chi connectivity index (χ1v) is 9.36. The second kappa shape index (κ2) is 9.73. The predicted octanol–water partition coefficient (Wildman–Crippen LogP) is 3.87. The molecule has 0 fully saturated rings. The lowest BCUT2D eigenvalue weighted by Gasteiger charge is -2.22. The zero-order valence-electron chi connectivity index (χ0n) is 17.3. The number of esters is 1. The molecule has 1 unspecified atom stereocenters. The van der Waals surface area contributed by atoms with Crippen LogP contribution in [-0.2, 0) is 9.53 Å². The summed E-state index contributed by atoms with van der Waals surface area (Å²) in [5.41, 5.74) is 3.12. The highest BCUT2D eigenvalue weighted by Gasteiger charge is 2.25. The molecule has 0 aliphatic heterocycles. The number of carbonyl (C=O) groups is 3. The molecule has 7 heteroatoms. The number of benzene rings is 2. The molecule has 0 heterocycles. The molecule has 0 aliphatic carbocycles. The first-order chi connectivity index (χ1) is 13.7. The van der Waals surface area contributed by atoms with Crippen LogP contribution in [0.25, 0.3) is 0 Å². The third-order valence-electron chi connectivity index (χ3n) is 4.61. The Balaban J connectivity index is 2.14. The number of ether oxygens (including phenoxy) is 1. The highest BCUT2D eigenvalue weighted by Crippen LogP contribution is 2.21. The van der Waals surface area contributed by atoms with Crippen LogP contribution >= 0.6 is 0 Å². The van der Waals surface area contributed by atoms with E-state index >= 15 is 0 Å². The molecule has 1 atom stereocenters. The Kier molecular flexibility index (Phi) is 7.36. The van der Waals surface area contributed by atoms with Gasteiger partial charge in [0.2, 0.25) is 5.91 Å². The minimum atomic E-state index is -0.762. The fourth-order valence-electron chi connectivity index (χ4n) is 2.84. The maximum atomic E-state index is 12.8. The van der Waals surface area contributed by atoms with Gasteiger partial charge >= 0.3 is 12.0 Å². The summed E-state index contributed by atoms with van der Waals surface area (Å²) in [7, 11) is 1.31. The van der Waals surface area contributed by atoms with Crippen molar-refractivity contribution in [3.05, 3.63) is 59.2 Å². The van der Waals surface area contributed by atoms with E-state index in [1.165, 1.54) is 7.11 Å². The second-order valence-corrected chi connectivity index (χ2v) is 7.13. The largest absolute Gasteiger partial charge is 0.465 e. The molecule has 2 aromatic carbocycles. The molecule has 154 valence electrons. The van der Waals surface area contributed by atoms with E-state index in [-0.39, 0.29) is 11.8 Å². The molecule has 0 aromatic heterocycles. The summed E-state index contributed by atoms with van der Waals surface area (Å²) in [6.07, 6.45) is 0. The third kappa shape index (κ3) is 5.81. The summed E-state index contributed by atoms with van der Waals surface area (Å²) >= 11 is 0. The molecule has 2 rings (SSSR count). The SMILES string of the molecule is COC(=O)c1cc(NC(=O)C(NC(=O)Nc2ccccc2)C(C)C)cc(C)c1C. The molecule has 7 nitrogen and oxygen atoms in total. The normalized spacial score (nSPS) is 11.5. The second-order valence-electron chi connectivity index (χ2n) is 7.13. The van der Waals surface area contributed by atoms with E-state index in [2.05, 4.69) is 16.0 Å². The zero-order chi connectivity index (χ0) is 21.6. The van der Waals surface area contributed by atoms with Crippen LogP contribution in [0.4, 0.5) is 16.2 Å². The molecule has 3 N–H and O–H groups in total. The summed E-state index contributed by atoms with van der Waals surface area (Å²) in [6.45, 7) is 7.35. The highest BCUT2D eigenvalue weighted by atomic mass is 16.5. The lowest BCUT2D eigenvalue weighted by molar-refractivity contribution is -0.118. The van der Waals surface area contributed by atoms with Crippen molar-refractivity contribution < 1.29 is 19.1 Å². The van der Waals surface area contributed by atoms with Crippen molar-refractivity contribution in [3.63, 3.8) is 0 Å². The van der Waals surface area contributed by atoms with Gasteiger partial charge in [-0.05, 0) is 55.2 Å². The smallest absolute Gasteiger partial charge is 0.338 e. The molecule has 0 saturated heterocycles. The Labute approximate surface area is 170 Å². The molecule has 0 spiro atoms. The summed E-state index contributed by atoms with van der Waals surface area (Å²) in [5, 5.41) is 8.20. The number of amides is 3. The van der Waals surface area contributed by atoms with Gasteiger partial charge in [0.25, 0.3) is 0 Å². The summed E-state index contributed by atoms with van der Waals surface area (Å²) < 4.78 is 4.81. The first-order valence-electron chi connectivity index (χ1n) is 9.36. The molecule has 0 aliphatic rings. The van der Waals surface area contributed by atoms with Crippen LogP contribution in [0.3, 0.4) is 0 Å². The Morgan fingerprint density at radius 3 is 2.17 bits per heavy atom. The molecular weight excluding hydrogens is 370 g/mol. The lowest BCUT2D eigenvalue weighted by atomic mass is 10.0. The monoisotopic (exact) mass is 397 g/mol. The molecule has 0 bridgehead atoms. The predicted molar refractivity (Wildman–Crippen MR) is 113 cm³/mol.